The van der Waals surface area contributed by atoms with E-state index in [-0.39, 0.29) is 30.2 Å². The molecule has 0 spiro atoms. The van der Waals surface area contributed by atoms with Crippen LogP contribution in [0.5, 0.6) is 0 Å². The quantitative estimate of drug-likeness (QED) is 0.492. The van der Waals surface area contributed by atoms with Crippen molar-refractivity contribution in [2.45, 2.75) is 73.8 Å². The van der Waals surface area contributed by atoms with E-state index in [0.29, 0.717) is 36.0 Å². The van der Waals surface area contributed by atoms with Gasteiger partial charge in [0.25, 0.3) is 0 Å². The fourth-order valence-electron chi connectivity index (χ4n) is 4.24. The molecule has 6 heteroatoms. The van der Waals surface area contributed by atoms with Crippen LogP contribution in [0.2, 0.25) is 0 Å². The van der Waals surface area contributed by atoms with Crippen molar-refractivity contribution < 1.29 is 29.0 Å². The van der Waals surface area contributed by atoms with Gasteiger partial charge in [0.05, 0.1) is 0 Å². The third kappa shape index (κ3) is 5.00. The van der Waals surface area contributed by atoms with Crippen molar-refractivity contribution in [3.63, 3.8) is 0 Å². The van der Waals surface area contributed by atoms with E-state index in [2.05, 4.69) is 0 Å². The van der Waals surface area contributed by atoms with Crippen molar-refractivity contribution in [3.8, 4) is 0 Å². The number of hydrogen-bond acceptors (Lipinski definition) is 6. The zero-order valence-corrected chi connectivity index (χ0v) is 19.6. The van der Waals surface area contributed by atoms with Gasteiger partial charge in [-0.25, -0.2) is 9.59 Å². The molecule has 0 amide bonds. The van der Waals surface area contributed by atoms with Crippen molar-refractivity contribution in [1.82, 2.24) is 0 Å². The van der Waals surface area contributed by atoms with E-state index in [1.807, 2.05) is 27.7 Å². The Morgan fingerprint density at radius 2 is 1.81 bits per heavy atom. The van der Waals surface area contributed by atoms with E-state index >= 15 is 0 Å². The number of rotatable bonds is 5. The van der Waals surface area contributed by atoms with Crippen molar-refractivity contribution in [3.05, 3.63) is 45.8 Å². The lowest BCUT2D eigenvalue weighted by Gasteiger charge is -2.48. The number of allylic oxidation sites excluding steroid dienone is 4. The second-order valence-electron chi connectivity index (χ2n) is 8.96. The largest absolute Gasteiger partial charge is 0.504 e. The smallest absolute Gasteiger partial charge is 0.333 e. The zero-order valence-electron chi connectivity index (χ0n) is 19.6. The van der Waals surface area contributed by atoms with Crippen LogP contribution in [0.1, 0.15) is 67.7 Å². The Morgan fingerprint density at radius 1 is 1.16 bits per heavy atom. The van der Waals surface area contributed by atoms with Crippen molar-refractivity contribution >= 4 is 17.7 Å². The summed E-state index contributed by atoms with van der Waals surface area (Å²) in [4.78, 5) is 36.8. The summed E-state index contributed by atoms with van der Waals surface area (Å²) in [6.07, 6.45) is 4.45. The average molecular weight is 431 g/mol. The number of aliphatic hydroxyl groups excluding tert-OH is 1. The lowest BCUT2D eigenvalue weighted by Crippen LogP contribution is -2.46. The highest BCUT2D eigenvalue weighted by Gasteiger charge is 2.50. The highest BCUT2D eigenvalue weighted by molar-refractivity contribution is 6.08. The molecule has 1 N–H and O–H groups in total. The monoisotopic (exact) mass is 430 g/mol. The minimum Gasteiger partial charge on any atom is -0.504 e. The molecule has 0 saturated heterocycles. The van der Waals surface area contributed by atoms with Crippen LogP contribution < -0.4 is 0 Å². The molecule has 0 aromatic heterocycles. The summed E-state index contributed by atoms with van der Waals surface area (Å²) in [6.45, 7) is 12.8. The van der Waals surface area contributed by atoms with E-state index in [0.717, 1.165) is 11.1 Å². The zero-order chi connectivity index (χ0) is 23.5. The number of Topliss-reactive ketones (excluding diaryl/α,β-unsaturated/α-hetero) is 1. The Bertz CT molecular complexity index is 897. The molecule has 0 aromatic carbocycles. The number of ketones is 1. The Labute approximate surface area is 184 Å². The molecule has 0 aromatic rings. The minimum absolute atomic E-state index is 0.00428. The van der Waals surface area contributed by atoms with Crippen LogP contribution >= 0.6 is 0 Å². The number of carbonyl (C=O) groups excluding carboxylic acids is 3. The summed E-state index contributed by atoms with van der Waals surface area (Å²) >= 11 is 0. The number of ether oxygens (including phenoxy) is 2. The Balaban J connectivity index is 2.12. The van der Waals surface area contributed by atoms with Gasteiger partial charge in [0.1, 0.15) is 12.7 Å². The van der Waals surface area contributed by atoms with Gasteiger partial charge in [-0.2, -0.15) is 0 Å². The van der Waals surface area contributed by atoms with E-state index < -0.39 is 17.4 Å². The van der Waals surface area contributed by atoms with Crippen LogP contribution in [0.4, 0.5) is 0 Å². The molecule has 31 heavy (non-hydrogen) atoms. The average Bonchev–Trinajstić information content (AvgIpc) is 2.72. The predicted molar refractivity (Wildman–Crippen MR) is 118 cm³/mol. The van der Waals surface area contributed by atoms with Gasteiger partial charge >= 0.3 is 11.9 Å². The lowest BCUT2D eigenvalue weighted by molar-refractivity contribution is -0.151. The van der Waals surface area contributed by atoms with Gasteiger partial charge in [-0.15, -0.1) is 0 Å². The Kier molecular flexibility index (Phi) is 7.68. The molecule has 0 heterocycles. The summed E-state index contributed by atoms with van der Waals surface area (Å²) in [5.41, 5.74) is 2.72. The third-order valence-electron chi connectivity index (χ3n) is 6.79. The van der Waals surface area contributed by atoms with Gasteiger partial charge in [0.15, 0.2) is 5.76 Å². The minimum atomic E-state index is -0.453. The molecule has 3 unspecified atom stereocenters. The van der Waals surface area contributed by atoms with Crippen LogP contribution in [0.25, 0.3) is 0 Å². The highest BCUT2D eigenvalue weighted by Crippen LogP contribution is 2.53. The van der Waals surface area contributed by atoms with Crippen LogP contribution in [0, 0.1) is 11.3 Å². The Hall–Kier alpha value is -2.63. The maximum Gasteiger partial charge on any atom is 0.333 e. The van der Waals surface area contributed by atoms with Gasteiger partial charge < -0.3 is 14.6 Å². The molecular weight excluding hydrogens is 396 g/mol. The number of carbonyl (C=O) groups is 3. The number of aliphatic hydroxyl groups is 1. The number of hydrogen-bond donors (Lipinski definition) is 1. The molecule has 1 saturated carbocycles. The third-order valence-corrected chi connectivity index (χ3v) is 6.79. The van der Waals surface area contributed by atoms with Crippen LogP contribution in [0.15, 0.2) is 45.8 Å². The van der Waals surface area contributed by atoms with E-state index in [9.17, 15) is 19.5 Å². The normalized spacial score (nSPS) is 27.1. The second-order valence-corrected chi connectivity index (χ2v) is 8.96. The molecule has 2 rings (SSSR count). The maximum atomic E-state index is 12.6. The van der Waals surface area contributed by atoms with Crippen LogP contribution in [0.3, 0.4) is 0 Å². The van der Waals surface area contributed by atoms with Crippen molar-refractivity contribution in [1.29, 1.82) is 0 Å². The summed E-state index contributed by atoms with van der Waals surface area (Å²) in [7, 11) is 0. The first-order valence-corrected chi connectivity index (χ1v) is 10.7. The number of fused-ring (bicyclic) bond motifs is 1. The van der Waals surface area contributed by atoms with E-state index in [4.69, 9.17) is 9.47 Å². The Morgan fingerprint density at radius 3 is 2.39 bits per heavy atom. The van der Waals surface area contributed by atoms with Gasteiger partial charge in [-0.1, -0.05) is 25.5 Å². The summed E-state index contributed by atoms with van der Waals surface area (Å²) < 4.78 is 10.9. The predicted octanol–water partition coefficient (Wildman–Crippen LogP) is 4.91. The first-order valence-electron chi connectivity index (χ1n) is 10.7. The molecule has 6 nitrogen and oxygen atoms in total. The second kappa shape index (κ2) is 9.67. The van der Waals surface area contributed by atoms with E-state index in [1.165, 1.54) is 6.08 Å². The first-order chi connectivity index (χ1) is 14.4. The summed E-state index contributed by atoms with van der Waals surface area (Å²) in [5, 5.41) is 10.6. The SMILES string of the molecule is CC=C(C)C(=O)OCC=C(C)C(=O)OC1CCC2=C(O)C(=O)C(=C(C)C)CC2(C)C1C. The molecule has 0 bridgehead atoms. The molecule has 2 aliphatic carbocycles. The summed E-state index contributed by atoms with van der Waals surface area (Å²) in [6, 6.07) is 0. The van der Waals surface area contributed by atoms with Gasteiger partial charge in [0, 0.05) is 28.1 Å². The molecule has 170 valence electrons. The van der Waals surface area contributed by atoms with Crippen LogP contribution in [-0.4, -0.2) is 35.5 Å². The molecule has 2 aliphatic rings. The molecule has 1 fully saturated rings. The fourth-order valence-corrected chi connectivity index (χ4v) is 4.24. The topological polar surface area (TPSA) is 89.9 Å². The first kappa shape index (κ1) is 24.6. The summed E-state index contributed by atoms with van der Waals surface area (Å²) in [5.74, 6) is -1.37. The van der Waals surface area contributed by atoms with Gasteiger partial charge in [0.2, 0.25) is 5.78 Å². The molecule has 0 aliphatic heterocycles. The van der Waals surface area contributed by atoms with E-state index in [1.54, 1.807) is 26.8 Å². The number of esters is 2. The highest BCUT2D eigenvalue weighted by atomic mass is 16.5. The fraction of sp³-hybridized carbons (Fsp3) is 0.560. The standard InChI is InChI=1S/C25H34O6/c1-8-15(4)23(28)30-12-11-16(5)24(29)31-20-10-9-19-22(27)21(26)18(14(2)3)13-25(19,7)17(20)6/h8,11,17,20,27H,9-10,12-13H2,1-7H3. The van der Waals surface area contributed by atoms with Crippen molar-refractivity contribution in [2.75, 3.05) is 6.61 Å². The molecule has 0 radical (unpaired) electrons. The lowest BCUT2D eigenvalue weighted by atomic mass is 9.58. The van der Waals surface area contributed by atoms with Crippen molar-refractivity contribution in [2.24, 2.45) is 11.3 Å². The maximum absolute atomic E-state index is 12.6. The molecule has 3 atom stereocenters. The molecular formula is C25H34O6. The van der Waals surface area contributed by atoms with Gasteiger partial charge in [-0.3, -0.25) is 4.79 Å². The van der Waals surface area contributed by atoms with Crippen LogP contribution in [-0.2, 0) is 23.9 Å². The van der Waals surface area contributed by atoms with Gasteiger partial charge in [-0.05, 0) is 65.5 Å².